The summed E-state index contributed by atoms with van der Waals surface area (Å²) in [5.41, 5.74) is 8.02. The maximum absolute atomic E-state index is 6.23. The van der Waals surface area contributed by atoms with Crippen LogP contribution in [0.4, 0.5) is 5.82 Å². The number of rotatable bonds is 4. The third-order valence-electron chi connectivity index (χ3n) is 3.36. The Balaban J connectivity index is 2.14. The second kappa shape index (κ2) is 6.04. The summed E-state index contributed by atoms with van der Waals surface area (Å²) in [5, 5.41) is 0.793. The van der Waals surface area contributed by atoms with Gasteiger partial charge < -0.3 is 5.73 Å². The molecule has 2 rings (SSSR count). The molecule has 0 aliphatic carbocycles. The standard InChI is InChI=1S/C15H18ClN3/c1-11(13-7-3-4-8-14(13)16)19(2)10-12-6-5-9-18-15(12)17/h3-9,11H,10H2,1-2H3,(H2,17,18). The Morgan fingerprint density at radius 1 is 1.26 bits per heavy atom. The van der Waals surface area contributed by atoms with E-state index in [-0.39, 0.29) is 6.04 Å². The molecule has 0 saturated heterocycles. The van der Waals surface area contributed by atoms with Crippen molar-refractivity contribution < 1.29 is 0 Å². The molecule has 0 saturated carbocycles. The number of benzene rings is 1. The summed E-state index contributed by atoms with van der Waals surface area (Å²) in [6.45, 7) is 2.87. The Morgan fingerprint density at radius 3 is 2.68 bits per heavy atom. The van der Waals surface area contributed by atoms with Gasteiger partial charge in [0.1, 0.15) is 5.82 Å². The molecule has 1 atom stereocenters. The van der Waals surface area contributed by atoms with E-state index in [0.29, 0.717) is 5.82 Å². The minimum Gasteiger partial charge on any atom is -0.383 e. The summed E-state index contributed by atoms with van der Waals surface area (Å²) in [4.78, 5) is 6.31. The predicted molar refractivity (Wildman–Crippen MR) is 80.0 cm³/mol. The predicted octanol–water partition coefficient (Wildman–Crippen LogP) is 3.51. The molecule has 0 aliphatic rings. The van der Waals surface area contributed by atoms with Crippen LogP contribution in [0.1, 0.15) is 24.1 Å². The van der Waals surface area contributed by atoms with Gasteiger partial charge in [-0.05, 0) is 31.7 Å². The number of anilines is 1. The fraction of sp³-hybridized carbons (Fsp3) is 0.267. The molecule has 1 heterocycles. The van der Waals surface area contributed by atoms with Crippen molar-refractivity contribution in [3.05, 3.63) is 58.7 Å². The molecule has 0 fully saturated rings. The Hall–Kier alpha value is -1.58. The zero-order valence-corrected chi connectivity index (χ0v) is 11.9. The molecule has 0 aliphatic heterocycles. The molecule has 2 aromatic rings. The number of hydrogen-bond donors (Lipinski definition) is 1. The van der Waals surface area contributed by atoms with Gasteiger partial charge in [0.25, 0.3) is 0 Å². The summed E-state index contributed by atoms with van der Waals surface area (Å²) in [5.74, 6) is 0.584. The van der Waals surface area contributed by atoms with Crippen LogP contribution >= 0.6 is 11.6 Å². The summed E-state index contributed by atoms with van der Waals surface area (Å²) >= 11 is 6.23. The van der Waals surface area contributed by atoms with Gasteiger partial charge in [-0.3, -0.25) is 4.90 Å². The van der Waals surface area contributed by atoms with Crippen molar-refractivity contribution in [1.82, 2.24) is 9.88 Å². The van der Waals surface area contributed by atoms with Gasteiger partial charge in [0, 0.05) is 29.4 Å². The number of nitrogens with zero attached hydrogens (tertiary/aromatic N) is 2. The molecule has 0 bridgehead atoms. The molecule has 1 aromatic carbocycles. The topological polar surface area (TPSA) is 42.2 Å². The van der Waals surface area contributed by atoms with Crippen LogP contribution in [-0.4, -0.2) is 16.9 Å². The van der Waals surface area contributed by atoms with Crippen molar-refractivity contribution in [3.8, 4) is 0 Å². The molecule has 2 N–H and O–H groups in total. The highest BCUT2D eigenvalue weighted by molar-refractivity contribution is 6.31. The van der Waals surface area contributed by atoms with E-state index in [4.69, 9.17) is 17.3 Å². The van der Waals surface area contributed by atoms with Crippen molar-refractivity contribution in [2.24, 2.45) is 0 Å². The van der Waals surface area contributed by atoms with Gasteiger partial charge >= 0.3 is 0 Å². The van der Waals surface area contributed by atoms with Crippen molar-refractivity contribution in [2.75, 3.05) is 12.8 Å². The fourth-order valence-electron chi connectivity index (χ4n) is 2.04. The molecular weight excluding hydrogens is 258 g/mol. The molecule has 1 aromatic heterocycles. The van der Waals surface area contributed by atoms with Crippen LogP contribution in [0.3, 0.4) is 0 Å². The summed E-state index contributed by atoms with van der Waals surface area (Å²) in [7, 11) is 2.06. The first-order valence-electron chi connectivity index (χ1n) is 6.23. The molecule has 19 heavy (non-hydrogen) atoms. The van der Waals surface area contributed by atoms with Crippen LogP contribution in [0, 0.1) is 0 Å². The van der Waals surface area contributed by atoms with Crippen LogP contribution in [0.15, 0.2) is 42.6 Å². The molecule has 0 spiro atoms. The van der Waals surface area contributed by atoms with Gasteiger partial charge in [0.2, 0.25) is 0 Å². The minimum atomic E-state index is 0.216. The normalized spacial score (nSPS) is 12.6. The maximum Gasteiger partial charge on any atom is 0.127 e. The number of aromatic nitrogens is 1. The molecular formula is C15H18ClN3. The number of nitrogens with two attached hydrogens (primary N) is 1. The van der Waals surface area contributed by atoms with Crippen molar-refractivity contribution >= 4 is 17.4 Å². The van der Waals surface area contributed by atoms with Crippen molar-refractivity contribution in [1.29, 1.82) is 0 Å². The van der Waals surface area contributed by atoms with E-state index in [0.717, 1.165) is 22.7 Å². The van der Waals surface area contributed by atoms with Crippen LogP contribution in [0.5, 0.6) is 0 Å². The third-order valence-corrected chi connectivity index (χ3v) is 3.71. The SMILES string of the molecule is CC(c1ccccc1Cl)N(C)Cc1cccnc1N. The number of pyridine rings is 1. The summed E-state index contributed by atoms with van der Waals surface area (Å²) < 4.78 is 0. The fourth-order valence-corrected chi connectivity index (χ4v) is 2.34. The van der Waals surface area contributed by atoms with Gasteiger partial charge in [-0.2, -0.15) is 0 Å². The van der Waals surface area contributed by atoms with E-state index in [9.17, 15) is 0 Å². The quantitative estimate of drug-likeness (QED) is 0.928. The monoisotopic (exact) mass is 275 g/mol. The zero-order valence-electron chi connectivity index (χ0n) is 11.2. The van der Waals surface area contributed by atoms with E-state index in [1.807, 2.05) is 30.3 Å². The van der Waals surface area contributed by atoms with Crippen LogP contribution in [0.25, 0.3) is 0 Å². The Kier molecular flexibility index (Phi) is 4.40. The molecule has 1 unspecified atom stereocenters. The molecule has 4 heteroatoms. The Labute approximate surface area is 119 Å². The second-order valence-electron chi connectivity index (χ2n) is 4.66. The highest BCUT2D eigenvalue weighted by Gasteiger charge is 2.15. The van der Waals surface area contributed by atoms with E-state index in [1.165, 1.54) is 0 Å². The lowest BCUT2D eigenvalue weighted by Crippen LogP contribution is -2.22. The van der Waals surface area contributed by atoms with Crippen molar-refractivity contribution in [3.63, 3.8) is 0 Å². The number of halogens is 1. The molecule has 100 valence electrons. The Morgan fingerprint density at radius 2 is 2.00 bits per heavy atom. The molecule has 0 amide bonds. The summed E-state index contributed by atoms with van der Waals surface area (Å²) in [6, 6.07) is 12.0. The number of nitrogen functional groups attached to an aromatic ring is 1. The first-order valence-corrected chi connectivity index (χ1v) is 6.61. The van der Waals surface area contributed by atoms with Crippen LogP contribution in [0.2, 0.25) is 5.02 Å². The highest BCUT2D eigenvalue weighted by Crippen LogP contribution is 2.27. The average molecular weight is 276 g/mol. The van der Waals surface area contributed by atoms with E-state index >= 15 is 0 Å². The van der Waals surface area contributed by atoms with Gasteiger partial charge in [0.15, 0.2) is 0 Å². The first kappa shape index (κ1) is 13.8. The molecule has 0 radical (unpaired) electrons. The van der Waals surface area contributed by atoms with Crippen LogP contribution in [-0.2, 0) is 6.54 Å². The van der Waals surface area contributed by atoms with Gasteiger partial charge in [0.05, 0.1) is 0 Å². The number of hydrogen-bond acceptors (Lipinski definition) is 3. The highest BCUT2D eigenvalue weighted by atomic mass is 35.5. The van der Waals surface area contributed by atoms with Crippen molar-refractivity contribution in [2.45, 2.75) is 19.5 Å². The summed E-state index contributed by atoms with van der Waals surface area (Å²) in [6.07, 6.45) is 1.70. The lowest BCUT2D eigenvalue weighted by molar-refractivity contribution is 0.253. The maximum atomic E-state index is 6.23. The first-order chi connectivity index (χ1) is 9.09. The third kappa shape index (κ3) is 3.25. The zero-order chi connectivity index (χ0) is 13.8. The van der Waals surface area contributed by atoms with Gasteiger partial charge in [-0.15, -0.1) is 0 Å². The minimum absolute atomic E-state index is 0.216. The average Bonchev–Trinajstić information content (AvgIpc) is 2.41. The lowest BCUT2D eigenvalue weighted by atomic mass is 10.1. The molecule has 3 nitrogen and oxygen atoms in total. The Bertz CT molecular complexity index is 557. The lowest BCUT2D eigenvalue weighted by Gasteiger charge is -2.26. The van der Waals surface area contributed by atoms with Gasteiger partial charge in [-0.1, -0.05) is 35.9 Å². The van der Waals surface area contributed by atoms with Crippen LogP contribution < -0.4 is 5.73 Å². The van der Waals surface area contributed by atoms with Gasteiger partial charge in [-0.25, -0.2) is 4.98 Å². The van der Waals surface area contributed by atoms with E-state index in [2.05, 4.69) is 29.9 Å². The van der Waals surface area contributed by atoms with E-state index in [1.54, 1.807) is 6.20 Å². The van der Waals surface area contributed by atoms with E-state index < -0.39 is 0 Å². The largest absolute Gasteiger partial charge is 0.383 e. The smallest absolute Gasteiger partial charge is 0.127 e. The second-order valence-corrected chi connectivity index (χ2v) is 5.07.